The van der Waals surface area contributed by atoms with Crippen LogP contribution in [0, 0.1) is 10.8 Å². The van der Waals surface area contributed by atoms with Crippen LogP contribution in [0.3, 0.4) is 0 Å². The van der Waals surface area contributed by atoms with Crippen molar-refractivity contribution in [1.29, 1.82) is 0 Å². The summed E-state index contributed by atoms with van der Waals surface area (Å²) in [6.45, 7) is 17.7. The van der Waals surface area contributed by atoms with Gasteiger partial charge in [0.1, 0.15) is 11.5 Å². The predicted octanol–water partition coefficient (Wildman–Crippen LogP) is 7.97. The fourth-order valence-corrected chi connectivity index (χ4v) is 1.11. The van der Waals surface area contributed by atoms with Crippen molar-refractivity contribution in [2.24, 2.45) is 10.8 Å². The molecule has 134 valence electrons. The van der Waals surface area contributed by atoms with E-state index >= 15 is 0 Å². The Bertz CT molecular complexity index is 472. The van der Waals surface area contributed by atoms with Gasteiger partial charge in [-0.25, -0.2) is 0 Å². The summed E-state index contributed by atoms with van der Waals surface area (Å²) in [6, 6.07) is 19.5. The maximum absolute atomic E-state index is 5.58. The van der Waals surface area contributed by atoms with Crippen molar-refractivity contribution < 1.29 is 4.74 Å². The molecule has 0 aromatic heterocycles. The van der Waals surface area contributed by atoms with Gasteiger partial charge in [0.05, 0.1) is 0 Å². The highest BCUT2D eigenvalue weighted by Crippen LogP contribution is 2.19. The van der Waals surface area contributed by atoms with Crippen molar-refractivity contribution in [1.82, 2.24) is 0 Å². The van der Waals surface area contributed by atoms with Crippen LogP contribution in [0.25, 0.3) is 0 Å². The number of benzene rings is 2. The summed E-state index contributed by atoms with van der Waals surface area (Å²) in [5.74, 6) is 1.74. The van der Waals surface area contributed by atoms with Crippen molar-refractivity contribution in [3.8, 4) is 11.5 Å². The average Bonchev–Trinajstić information content (AvgIpc) is 2.48. The van der Waals surface area contributed by atoms with Crippen LogP contribution >= 0.6 is 0 Å². The minimum atomic E-state index is 0.500. The van der Waals surface area contributed by atoms with Crippen molar-refractivity contribution in [2.75, 3.05) is 0 Å². The Morgan fingerprint density at radius 1 is 0.625 bits per heavy atom. The monoisotopic (exact) mass is 328 g/mol. The fraction of sp³-hybridized carbons (Fsp3) is 0.478. The molecule has 2 aromatic rings. The Morgan fingerprint density at radius 3 is 1.08 bits per heavy atom. The van der Waals surface area contributed by atoms with Gasteiger partial charge in [0.25, 0.3) is 0 Å². The second-order valence-corrected chi connectivity index (χ2v) is 8.64. The summed E-state index contributed by atoms with van der Waals surface area (Å²) in [6.07, 6.45) is 1.27. The largest absolute Gasteiger partial charge is 0.457 e. The van der Waals surface area contributed by atoms with Crippen LogP contribution in [0.1, 0.15) is 61.8 Å². The molecular weight excluding hydrogens is 292 g/mol. The normalized spacial score (nSPS) is 10.7. The fourth-order valence-electron chi connectivity index (χ4n) is 1.11. The van der Waals surface area contributed by atoms with E-state index in [0.717, 1.165) is 11.5 Å². The number of ether oxygens (including phenoxy) is 1. The minimum Gasteiger partial charge on any atom is -0.457 e. The van der Waals surface area contributed by atoms with E-state index in [0.29, 0.717) is 10.8 Å². The lowest BCUT2D eigenvalue weighted by molar-refractivity contribution is 0.398. The first-order valence-electron chi connectivity index (χ1n) is 8.79. The average molecular weight is 329 g/mol. The highest BCUT2D eigenvalue weighted by atomic mass is 16.5. The molecule has 1 nitrogen and oxygen atoms in total. The summed E-state index contributed by atoms with van der Waals surface area (Å²) >= 11 is 0. The highest BCUT2D eigenvalue weighted by molar-refractivity contribution is 5.30. The van der Waals surface area contributed by atoms with E-state index in [1.165, 1.54) is 6.42 Å². The molecule has 1 heteroatoms. The van der Waals surface area contributed by atoms with Crippen LogP contribution in [-0.4, -0.2) is 0 Å². The van der Waals surface area contributed by atoms with E-state index in [2.05, 4.69) is 55.4 Å². The lowest BCUT2D eigenvalue weighted by Gasteiger charge is -2.12. The van der Waals surface area contributed by atoms with Gasteiger partial charge in [-0.3, -0.25) is 0 Å². The number of para-hydroxylation sites is 2. The predicted molar refractivity (Wildman–Crippen MR) is 108 cm³/mol. The van der Waals surface area contributed by atoms with Gasteiger partial charge in [-0.05, 0) is 35.1 Å². The first-order chi connectivity index (χ1) is 11.0. The van der Waals surface area contributed by atoms with E-state index in [1.54, 1.807) is 0 Å². The standard InChI is InChI=1S/C12H10O.C6H14.C5H12/c1-3-7-11(8-4-1)13-12-9-5-2-6-10-12;1-5-6(2,3)4;1-5(2,3)4/h1-10H;5H2,1-4H3;1-4H3. The molecule has 0 saturated heterocycles. The summed E-state index contributed by atoms with van der Waals surface area (Å²) in [5.41, 5.74) is 1.04. The van der Waals surface area contributed by atoms with Crippen LogP contribution in [-0.2, 0) is 0 Å². The molecule has 0 spiro atoms. The second-order valence-electron chi connectivity index (χ2n) is 8.64. The maximum atomic E-state index is 5.58. The van der Waals surface area contributed by atoms with E-state index in [1.807, 2.05) is 60.7 Å². The first kappa shape index (κ1) is 22.2. The topological polar surface area (TPSA) is 9.23 Å². The Morgan fingerprint density at radius 2 is 0.875 bits per heavy atom. The Hall–Kier alpha value is -1.76. The highest BCUT2D eigenvalue weighted by Gasteiger charge is 2.03. The molecule has 24 heavy (non-hydrogen) atoms. The first-order valence-corrected chi connectivity index (χ1v) is 8.79. The lowest BCUT2D eigenvalue weighted by Crippen LogP contribution is -2.00. The van der Waals surface area contributed by atoms with Gasteiger partial charge in [-0.2, -0.15) is 0 Å². The van der Waals surface area contributed by atoms with E-state index < -0.39 is 0 Å². The van der Waals surface area contributed by atoms with Gasteiger partial charge in [0.15, 0.2) is 0 Å². The zero-order chi connectivity index (χ0) is 18.6. The van der Waals surface area contributed by atoms with Gasteiger partial charge in [0, 0.05) is 0 Å². The summed E-state index contributed by atoms with van der Waals surface area (Å²) < 4.78 is 5.58. The molecule has 0 unspecified atom stereocenters. The molecule has 0 N–H and O–H groups in total. The molecule has 0 aliphatic rings. The van der Waals surface area contributed by atoms with Crippen molar-refractivity contribution in [3.05, 3.63) is 60.7 Å². The van der Waals surface area contributed by atoms with Gasteiger partial charge in [-0.1, -0.05) is 98.2 Å². The summed E-state index contributed by atoms with van der Waals surface area (Å²) in [7, 11) is 0. The zero-order valence-corrected chi connectivity index (χ0v) is 16.9. The van der Waals surface area contributed by atoms with Crippen LogP contribution in [0.5, 0.6) is 11.5 Å². The molecule has 0 bridgehead atoms. The van der Waals surface area contributed by atoms with Crippen LogP contribution in [0.15, 0.2) is 60.7 Å². The van der Waals surface area contributed by atoms with E-state index in [-0.39, 0.29) is 0 Å². The van der Waals surface area contributed by atoms with E-state index in [4.69, 9.17) is 4.74 Å². The Balaban J connectivity index is 0.000000405. The molecule has 0 radical (unpaired) electrons. The third-order valence-electron chi connectivity index (χ3n) is 2.78. The quantitative estimate of drug-likeness (QED) is 0.543. The SMILES string of the molecule is CC(C)(C)C.CCC(C)(C)C.c1ccc(Oc2ccccc2)cc1. The third kappa shape index (κ3) is 16.6. The van der Waals surface area contributed by atoms with Gasteiger partial charge >= 0.3 is 0 Å². The van der Waals surface area contributed by atoms with Crippen molar-refractivity contribution in [2.45, 2.75) is 61.8 Å². The zero-order valence-electron chi connectivity index (χ0n) is 16.9. The second kappa shape index (κ2) is 10.9. The smallest absolute Gasteiger partial charge is 0.127 e. The third-order valence-corrected chi connectivity index (χ3v) is 2.78. The molecule has 0 saturated carbocycles. The molecule has 0 atom stereocenters. The molecule has 0 amide bonds. The lowest BCUT2D eigenvalue weighted by atomic mass is 9.94. The molecule has 2 rings (SSSR count). The number of hydrogen-bond acceptors (Lipinski definition) is 1. The molecule has 0 aliphatic carbocycles. The van der Waals surface area contributed by atoms with Gasteiger partial charge in [-0.15, -0.1) is 0 Å². The summed E-state index contributed by atoms with van der Waals surface area (Å²) in [5, 5.41) is 0. The Kier molecular flexibility index (Phi) is 10.1. The molecule has 0 fully saturated rings. The van der Waals surface area contributed by atoms with Crippen molar-refractivity contribution >= 4 is 0 Å². The minimum absolute atomic E-state index is 0.500. The molecule has 0 aliphatic heterocycles. The maximum Gasteiger partial charge on any atom is 0.127 e. The van der Waals surface area contributed by atoms with Crippen molar-refractivity contribution in [3.63, 3.8) is 0 Å². The van der Waals surface area contributed by atoms with Crippen LogP contribution < -0.4 is 4.74 Å². The number of rotatable bonds is 2. The van der Waals surface area contributed by atoms with Crippen LogP contribution in [0.4, 0.5) is 0 Å². The van der Waals surface area contributed by atoms with Gasteiger partial charge in [0.2, 0.25) is 0 Å². The number of hydrogen-bond donors (Lipinski definition) is 0. The van der Waals surface area contributed by atoms with Gasteiger partial charge < -0.3 is 4.74 Å². The summed E-state index contributed by atoms with van der Waals surface area (Å²) in [4.78, 5) is 0. The van der Waals surface area contributed by atoms with Crippen LogP contribution in [0.2, 0.25) is 0 Å². The van der Waals surface area contributed by atoms with E-state index in [9.17, 15) is 0 Å². The molecule has 0 heterocycles. The molecular formula is C23H36O. The Labute approximate surface area is 150 Å². The molecule has 2 aromatic carbocycles.